The summed E-state index contributed by atoms with van der Waals surface area (Å²) in [4.78, 5) is 25.4. The van der Waals surface area contributed by atoms with Crippen LogP contribution in [0.5, 0.6) is 0 Å². The van der Waals surface area contributed by atoms with Crippen molar-refractivity contribution in [3.05, 3.63) is 33.8 Å². The molecule has 0 aliphatic heterocycles. The number of hydrogen-bond donors (Lipinski definition) is 0. The molecule has 0 N–H and O–H groups in total. The second kappa shape index (κ2) is 9.66. The molecule has 122 valence electrons. The predicted octanol–water partition coefficient (Wildman–Crippen LogP) is 2.57. The first-order valence-corrected chi connectivity index (χ1v) is 7.60. The van der Waals surface area contributed by atoms with E-state index < -0.39 is 5.97 Å². The van der Waals surface area contributed by atoms with Crippen molar-refractivity contribution in [3.63, 3.8) is 0 Å². The van der Waals surface area contributed by atoms with Gasteiger partial charge < -0.3 is 14.4 Å². The fourth-order valence-electron chi connectivity index (χ4n) is 1.82. The third-order valence-electron chi connectivity index (χ3n) is 2.93. The molecular weight excluding hydrogens is 329 g/mol. The third kappa shape index (κ3) is 5.83. The quantitative estimate of drug-likeness (QED) is 0.678. The fourth-order valence-corrected chi connectivity index (χ4v) is 2.35. The number of benzene rings is 1. The van der Waals surface area contributed by atoms with Gasteiger partial charge in [0.05, 0.1) is 19.6 Å². The summed E-state index contributed by atoms with van der Waals surface area (Å²) in [5, 5.41) is 0.840. The fraction of sp³-hybridized carbons (Fsp3) is 0.467. The standard InChI is InChI=1S/C15H19Cl2NO4/c1-3-22-15(20)10-18(7-8-21-2)14(19)9-11-12(16)5-4-6-13(11)17/h4-6H,3,7-10H2,1-2H3. The van der Waals surface area contributed by atoms with Crippen molar-refractivity contribution < 1.29 is 19.1 Å². The first kappa shape index (κ1) is 18.7. The molecular formula is C15H19Cl2NO4. The maximum absolute atomic E-state index is 12.4. The van der Waals surface area contributed by atoms with Gasteiger partial charge in [0, 0.05) is 23.7 Å². The minimum absolute atomic E-state index is 0.0155. The predicted molar refractivity (Wildman–Crippen MR) is 85.3 cm³/mol. The topological polar surface area (TPSA) is 55.8 Å². The van der Waals surface area contributed by atoms with Gasteiger partial charge in [0.1, 0.15) is 6.54 Å². The van der Waals surface area contributed by atoms with Crippen LogP contribution in [-0.4, -0.2) is 50.2 Å². The molecule has 0 saturated heterocycles. The number of ether oxygens (including phenoxy) is 2. The number of esters is 1. The summed E-state index contributed by atoms with van der Waals surface area (Å²) in [6.07, 6.45) is 0.0155. The Morgan fingerprint density at radius 1 is 1.23 bits per heavy atom. The Morgan fingerprint density at radius 3 is 2.41 bits per heavy atom. The highest BCUT2D eigenvalue weighted by molar-refractivity contribution is 6.36. The average Bonchev–Trinajstić information content (AvgIpc) is 2.47. The minimum Gasteiger partial charge on any atom is -0.465 e. The number of amides is 1. The second-order valence-corrected chi connectivity index (χ2v) is 5.30. The van der Waals surface area contributed by atoms with E-state index in [0.29, 0.717) is 22.2 Å². The zero-order valence-corrected chi connectivity index (χ0v) is 14.1. The molecule has 0 aliphatic rings. The van der Waals surface area contributed by atoms with Gasteiger partial charge in [-0.2, -0.15) is 0 Å². The maximum atomic E-state index is 12.4. The van der Waals surface area contributed by atoms with Gasteiger partial charge in [-0.25, -0.2) is 0 Å². The Bertz CT molecular complexity index is 502. The van der Waals surface area contributed by atoms with Crippen LogP contribution in [0, 0.1) is 0 Å². The van der Waals surface area contributed by atoms with E-state index in [0.717, 1.165) is 0 Å². The Morgan fingerprint density at radius 2 is 1.86 bits per heavy atom. The van der Waals surface area contributed by atoms with Crippen LogP contribution in [0.1, 0.15) is 12.5 Å². The first-order valence-electron chi connectivity index (χ1n) is 6.84. The van der Waals surface area contributed by atoms with E-state index in [1.54, 1.807) is 25.1 Å². The molecule has 1 rings (SSSR count). The lowest BCUT2D eigenvalue weighted by atomic mass is 10.1. The molecule has 0 bridgehead atoms. The molecule has 1 aromatic rings. The van der Waals surface area contributed by atoms with Crippen molar-refractivity contribution in [2.45, 2.75) is 13.3 Å². The molecule has 0 aromatic heterocycles. The molecule has 0 fully saturated rings. The van der Waals surface area contributed by atoms with Crippen LogP contribution < -0.4 is 0 Å². The lowest BCUT2D eigenvalue weighted by molar-refractivity contribution is -0.149. The van der Waals surface area contributed by atoms with Gasteiger partial charge >= 0.3 is 5.97 Å². The zero-order chi connectivity index (χ0) is 16.5. The highest BCUT2D eigenvalue weighted by Crippen LogP contribution is 2.25. The van der Waals surface area contributed by atoms with Crippen LogP contribution in [-0.2, 0) is 25.5 Å². The van der Waals surface area contributed by atoms with Crippen molar-refractivity contribution in [1.29, 1.82) is 0 Å². The lowest BCUT2D eigenvalue weighted by Gasteiger charge is -2.22. The highest BCUT2D eigenvalue weighted by Gasteiger charge is 2.20. The highest BCUT2D eigenvalue weighted by atomic mass is 35.5. The van der Waals surface area contributed by atoms with Crippen molar-refractivity contribution >= 4 is 35.1 Å². The molecule has 0 radical (unpaired) electrons. The molecule has 0 atom stereocenters. The number of hydrogen-bond acceptors (Lipinski definition) is 4. The summed E-state index contributed by atoms with van der Waals surface area (Å²) in [6.45, 7) is 2.46. The number of nitrogens with zero attached hydrogens (tertiary/aromatic N) is 1. The van der Waals surface area contributed by atoms with E-state index in [-0.39, 0.29) is 32.0 Å². The van der Waals surface area contributed by atoms with E-state index in [1.165, 1.54) is 12.0 Å². The normalized spacial score (nSPS) is 10.4. The van der Waals surface area contributed by atoms with Gasteiger partial charge in [0.25, 0.3) is 0 Å². The number of rotatable bonds is 8. The lowest BCUT2D eigenvalue weighted by Crippen LogP contribution is -2.39. The number of methoxy groups -OCH3 is 1. The largest absolute Gasteiger partial charge is 0.465 e. The molecule has 0 saturated carbocycles. The van der Waals surface area contributed by atoms with Gasteiger partial charge in [-0.1, -0.05) is 29.3 Å². The van der Waals surface area contributed by atoms with E-state index in [9.17, 15) is 9.59 Å². The molecule has 22 heavy (non-hydrogen) atoms. The molecule has 0 aliphatic carbocycles. The molecule has 7 heteroatoms. The van der Waals surface area contributed by atoms with Crippen molar-refractivity contribution in [2.75, 3.05) is 33.4 Å². The Labute approximate surface area is 140 Å². The molecule has 0 unspecified atom stereocenters. The van der Waals surface area contributed by atoms with Gasteiger partial charge in [-0.3, -0.25) is 9.59 Å². The third-order valence-corrected chi connectivity index (χ3v) is 3.64. The Hall–Kier alpha value is -1.30. The molecule has 5 nitrogen and oxygen atoms in total. The zero-order valence-electron chi connectivity index (χ0n) is 12.6. The number of carbonyl (C=O) groups is 2. The van der Waals surface area contributed by atoms with Crippen LogP contribution in [0.15, 0.2) is 18.2 Å². The van der Waals surface area contributed by atoms with Crippen LogP contribution in [0.25, 0.3) is 0 Å². The van der Waals surface area contributed by atoms with E-state index in [4.69, 9.17) is 32.7 Å². The Balaban J connectivity index is 2.80. The molecule has 1 aromatic carbocycles. The van der Waals surface area contributed by atoms with Crippen LogP contribution in [0.2, 0.25) is 10.0 Å². The summed E-state index contributed by atoms with van der Waals surface area (Å²) in [7, 11) is 1.53. The summed E-state index contributed by atoms with van der Waals surface area (Å²) in [6, 6.07) is 5.04. The summed E-state index contributed by atoms with van der Waals surface area (Å²) in [5.41, 5.74) is 0.544. The van der Waals surface area contributed by atoms with Gasteiger partial charge in [-0.15, -0.1) is 0 Å². The maximum Gasteiger partial charge on any atom is 0.325 e. The van der Waals surface area contributed by atoms with Gasteiger partial charge in [0.15, 0.2) is 0 Å². The Kier molecular flexibility index (Phi) is 8.24. The minimum atomic E-state index is -0.461. The van der Waals surface area contributed by atoms with Crippen LogP contribution >= 0.6 is 23.2 Å². The van der Waals surface area contributed by atoms with E-state index >= 15 is 0 Å². The molecule has 0 spiro atoms. The van der Waals surface area contributed by atoms with Crippen molar-refractivity contribution in [1.82, 2.24) is 4.90 Å². The summed E-state index contributed by atoms with van der Waals surface area (Å²) < 4.78 is 9.84. The molecule has 1 amide bonds. The monoisotopic (exact) mass is 347 g/mol. The van der Waals surface area contributed by atoms with E-state index in [2.05, 4.69) is 0 Å². The van der Waals surface area contributed by atoms with Gasteiger partial charge in [0.2, 0.25) is 5.91 Å². The first-order chi connectivity index (χ1) is 10.5. The molecule has 0 heterocycles. The average molecular weight is 348 g/mol. The van der Waals surface area contributed by atoms with Crippen LogP contribution in [0.3, 0.4) is 0 Å². The van der Waals surface area contributed by atoms with Gasteiger partial charge in [-0.05, 0) is 24.6 Å². The summed E-state index contributed by atoms with van der Waals surface area (Å²) in [5.74, 6) is -0.725. The van der Waals surface area contributed by atoms with Crippen molar-refractivity contribution in [3.8, 4) is 0 Å². The second-order valence-electron chi connectivity index (χ2n) is 4.49. The smallest absolute Gasteiger partial charge is 0.325 e. The van der Waals surface area contributed by atoms with E-state index in [1.807, 2.05) is 0 Å². The SMILES string of the molecule is CCOC(=O)CN(CCOC)C(=O)Cc1c(Cl)cccc1Cl. The number of halogens is 2. The summed E-state index contributed by atoms with van der Waals surface area (Å²) >= 11 is 12.1. The van der Waals surface area contributed by atoms with Crippen molar-refractivity contribution in [2.24, 2.45) is 0 Å². The number of carbonyl (C=O) groups excluding carboxylic acids is 2. The van der Waals surface area contributed by atoms with Crippen LogP contribution in [0.4, 0.5) is 0 Å².